The number of ether oxygens (including phenoxy) is 1. The molecule has 4 aliphatic carbocycles. The summed E-state index contributed by atoms with van der Waals surface area (Å²) < 4.78 is 5.24. The maximum Gasteiger partial charge on any atom is 0.333 e. The molecule has 3 saturated carbocycles. The number of imide groups is 1. The zero-order valence-electron chi connectivity index (χ0n) is 27.6. The number of fused-ring (bicyclic) bond motifs is 5. The molecular formula is C35H48N2O10. The van der Waals surface area contributed by atoms with Gasteiger partial charge in [-0.15, -0.1) is 5.06 Å². The van der Waals surface area contributed by atoms with Crippen LogP contribution in [0.3, 0.4) is 0 Å². The standard InChI is InChI=1S/C35H48N2O10/c1-33-16-13-23(38)20-22(33)7-8-24-25(33)14-17-34(2)26(24)15-18-35(34,45)27(39)21-46-31(43)12-9-28(40)36-19-5-3-4-6-32(44)47-37-29(41)10-11-30(37)42/h20,24-26,45H,3-19,21H2,1-2H3,(H,36,40)/t24-,25+,26+,33+,34+,35+/m1/s1. The van der Waals surface area contributed by atoms with Gasteiger partial charge in [-0.2, -0.15) is 0 Å². The van der Waals surface area contributed by atoms with Crippen LogP contribution in [0.2, 0.25) is 0 Å². The lowest BCUT2D eigenvalue weighted by atomic mass is 9.46. The van der Waals surface area contributed by atoms with Crippen molar-refractivity contribution in [2.45, 2.75) is 122 Å². The Morgan fingerprint density at radius 3 is 2.32 bits per heavy atom. The third kappa shape index (κ3) is 6.93. The molecule has 0 unspecified atom stereocenters. The zero-order chi connectivity index (χ0) is 34.0. The smallest absolute Gasteiger partial charge is 0.333 e. The number of esters is 1. The molecular weight excluding hydrogens is 608 g/mol. The van der Waals surface area contributed by atoms with Crippen molar-refractivity contribution in [1.82, 2.24) is 10.4 Å². The lowest BCUT2D eigenvalue weighted by Gasteiger charge is -2.58. The van der Waals surface area contributed by atoms with Crippen LogP contribution in [0.25, 0.3) is 0 Å². The highest BCUT2D eigenvalue weighted by Crippen LogP contribution is 2.67. The molecule has 1 saturated heterocycles. The first-order chi connectivity index (χ1) is 22.3. The average molecular weight is 657 g/mol. The van der Waals surface area contributed by atoms with E-state index in [1.807, 2.05) is 13.0 Å². The van der Waals surface area contributed by atoms with Gasteiger partial charge in [0.1, 0.15) is 5.60 Å². The number of nitrogens with zero attached hydrogens (tertiary/aromatic N) is 1. The van der Waals surface area contributed by atoms with E-state index in [2.05, 4.69) is 12.2 Å². The Balaban J connectivity index is 0.990. The van der Waals surface area contributed by atoms with Gasteiger partial charge in [0.25, 0.3) is 11.8 Å². The Morgan fingerprint density at radius 1 is 0.851 bits per heavy atom. The van der Waals surface area contributed by atoms with Crippen LogP contribution in [0.15, 0.2) is 11.6 Å². The third-order valence-corrected chi connectivity index (χ3v) is 12.1. The highest BCUT2D eigenvalue weighted by molar-refractivity contribution is 6.01. The van der Waals surface area contributed by atoms with Crippen molar-refractivity contribution >= 4 is 41.2 Å². The molecule has 0 aromatic carbocycles. The molecule has 5 rings (SSSR count). The first kappa shape index (κ1) is 34.9. The van der Waals surface area contributed by atoms with Crippen LogP contribution >= 0.6 is 0 Å². The van der Waals surface area contributed by atoms with E-state index in [-0.39, 0.29) is 55.1 Å². The lowest BCUT2D eigenvalue weighted by molar-refractivity contribution is -0.197. The molecule has 6 atom stereocenters. The number of hydrogen-bond acceptors (Lipinski definition) is 10. The molecule has 258 valence electrons. The van der Waals surface area contributed by atoms with Crippen molar-refractivity contribution < 1.29 is 48.2 Å². The maximum atomic E-state index is 13.4. The molecule has 0 aromatic heterocycles. The number of Topliss-reactive ketones (excluding diaryl/α,β-unsaturated/α-hetero) is 1. The van der Waals surface area contributed by atoms with E-state index < -0.39 is 47.2 Å². The van der Waals surface area contributed by atoms with E-state index in [4.69, 9.17) is 9.57 Å². The second-order valence-corrected chi connectivity index (χ2v) is 14.6. The van der Waals surface area contributed by atoms with E-state index in [0.29, 0.717) is 62.0 Å². The van der Waals surface area contributed by atoms with Crippen LogP contribution in [-0.4, -0.2) is 70.1 Å². The quantitative estimate of drug-likeness (QED) is 0.170. The minimum absolute atomic E-state index is 0.000600. The number of nitrogens with one attached hydrogen (secondary N) is 1. The zero-order valence-corrected chi connectivity index (χ0v) is 27.6. The summed E-state index contributed by atoms with van der Waals surface area (Å²) in [4.78, 5) is 89.8. The number of aliphatic hydroxyl groups is 1. The predicted molar refractivity (Wildman–Crippen MR) is 166 cm³/mol. The molecule has 0 radical (unpaired) electrons. The van der Waals surface area contributed by atoms with Crippen molar-refractivity contribution in [2.75, 3.05) is 13.2 Å². The van der Waals surface area contributed by atoms with Crippen LogP contribution in [0.4, 0.5) is 0 Å². The summed E-state index contributed by atoms with van der Waals surface area (Å²) in [5.74, 6) is -2.00. The van der Waals surface area contributed by atoms with Gasteiger partial charge in [-0.25, -0.2) is 4.79 Å². The first-order valence-corrected chi connectivity index (χ1v) is 17.3. The van der Waals surface area contributed by atoms with Gasteiger partial charge in [-0.05, 0) is 87.0 Å². The highest BCUT2D eigenvalue weighted by atomic mass is 16.7. The van der Waals surface area contributed by atoms with Gasteiger partial charge in [0.2, 0.25) is 11.7 Å². The van der Waals surface area contributed by atoms with Gasteiger partial charge in [-0.3, -0.25) is 28.8 Å². The third-order valence-electron chi connectivity index (χ3n) is 12.1. The average Bonchev–Trinajstić information content (AvgIpc) is 3.51. The number of carbonyl (C=O) groups excluding carboxylic acids is 7. The van der Waals surface area contributed by atoms with Crippen LogP contribution < -0.4 is 5.32 Å². The van der Waals surface area contributed by atoms with Crippen LogP contribution in [-0.2, 0) is 43.1 Å². The topological polar surface area (TPSA) is 173 Å². The molecule has 0 bridgehead atoms. The van der Waals surface area contributed by atoms with Gasteiger partial charge >= 0.3 is 11.9 Å². The van der Waals surface area contributed by atoms with Crippen molar-refractivity contribution in [3.8, 4) is 0 Å². The SMILES string of the molecule is C[C@]12CCC(=O)C=C1CC[C@@H]1[C@@H]2CC[C@@]2(C)[C@H]1CC[C@]2(O)C(=O)COC(=O)CCC(=O)NCCCCCC(=O)ON1C(=O)CCC1=O. The highest BCUT2D eigenvalue weighted by Gasteiger charge is 2.66. The van der Waals surface area contributed by atoms with Crippen LogP contribution in [0.1, 0.15) is 117 Å². The van der Waals surface area contributed by atoms with Crippen molar-refractivity contribution in [3.05, 3.63) is 11.6 Å². The number of allylic oxidation sites excluding steroid dienone is 1. The normalized spacial score (nSPS) is 33.0. The summed E-state index contributed by atoms with van der Waals surface area (Å²) in [7, 11) is 0. The molecule has 47 heavy (non-hydrogen) atoms. The summed E-state index contributed by atoms with van der Waals surface area (Å²) in [5.41, 5.74) is -0.900. The monoisotopic (exact) mass is 656 g/mol. The molecule has 2 N–H and O–H groups in total. The second kappa shape index (κ2) is 14.0. The molecule has 0 aromatic rings. The van der Waals surface area contributed by atoms with E-state index in [0.717, 1.165) is 32.1 Å². The summed E-state index contributed by atoms with van der Waals surface area (Å²) in [5, 5.41) is 15.1. The lowest BCUT2D eigenvalue weighted by Crippen LogP contribution is -2.58. The van der Waals surface area contributed by atoms with Gasteiger partial charge in [0, 0.05) is 44.1 Å². The van der Waals surface area contributed by atoms with Gasteiger partial charge < -0.3 is 20.0 Å². The summed E-state index contributed by atoms with van der Waals surface area (Å²) >= 11 is 0. The Bertz CT molecular complexity index is 1340. The van der Waals surface area contributed by atoms with Gasteiger partial charge in [0.05, 0.1) is 6.42 Å². The van der Waals surface area contributed by atoms with Crippen LogP contribution in [0, 0.1) is 28.6 Å². The second-order valence-electron chi connectivity index (χ2n) is 14.6. The molecule has 12 heteroatoms. The summed E-state index contributed by atoms with van der Waals surface area (Å²) in [6, 6.07) is 0. The van der Waals surface area contributed by atoms with E-state index in [1.54, 1.807) is 0 Å². The minimum atomic E-state index is -1.57. The van der Waals surface area contributed by atoms with Crippen LogP contribution in [0.5, 0.6) is 0 Å². The molecule has 4 fully saturated rings. The fraction of sp³-hybridized carbons (Fsp3) is 0.743. The van der Waals surface area contributed by atoms with Gasteiger partial charge in [-0.1, -0.05) is 25.8 Å². The number of carbonyl (C=O) groups is 7. The van der Waals surface area contributed by atoms with Crippen molar-refractivity contribution in [3.63, 3.8) is 0 Å². The Labute approximate surface area is 275 Å². The molecule has 5 aliphatic rings. The number of hydrogen-bond donors (Lipinski definition) is 2. The maximum absolute atomic E-state index is 13.4. The molecule has 1 aliphatic heterocycles. The van der Waals surface area contributed by atoms with E-state index >= 15 is 0 Å². The molecule has 1 heterocycles. The number of unbranched alkanes of at least 4 members (excludes halogenated alkanes) is 2. The van der Waals surface area contributed by atoms with E-state index in [9.17, 15) is 38.7 Å². The fourth-order valence-electron chi connectivity index (χ4n) is 9.28. The van der Waals surface area contributed by atoms with Crippen molar-refractivity contribution in [2.24, 2.45) is 28.6 Å². The van der Waals surface area contributed by atoms with E-state index in [1.165, 1.54) is 5.57 Å². The fourth-order valence-corrected chi connectivity index (χ4v) is 9.28. The predicted octanol–water partition coefficient (Wildman–Crippen LogP) is 3.43. The number of hydroxylamine groups is 2. The van der Waals surface area contributed by atoms with Gasteiger partial charge in [0.15, 0.2) is 12.4 Å². The molecule has 12 nitrogen and oxygen atoms in total. The summed E-state index contributed by atoms with van der Waals surface area (Å²) in [6.07, 6.45) is 9.29. The summed E-state index contributed by atoms with van der Waals surface area (Å²) in [6.45, 7) is 4.13. The molecule has 0 spiro atoms. The van der Waals surface area contributed by atoms with Crippen molar-refractivity contribution in [1.29, 1.82) is 0 Å². The Hall–Kier alpha value is -3.41. The first-order valence-electron chi connectivity index (χ1n) is 17.3. The largest absolute Gasteiger partial charge is 0.458 e. The number of ketones is 2. The molecule has 3 amide bonds. The Morgan fingerprint density at radius 2 is 1.57 bits per heavy atom. The number of rotatable bonds is 13. The Kier molecular flexibility index (Phi) is 10.4. The number of amides is 3. The minimum Gasteiger partial charge on any atom is -0.458 e.